The van der Waals surface area contributed by atoms with Crippen LogP contribution in [0.5, 0.6) is 5.75 Å². The Morgan fingerprint density at radius 1 is 1.85 bits per heavy atom. The molecule has 0 saturated heterocycles. The van der Waals surface area contributed by atoms with Crippen molar-refractivity contribution in [3.8, 4) is 5.75 Å². The lowest BCUT2D eigenvalue weighted by Gasteiger charge is -2.17. The van der Waals surface area contributed by atoms with Crippen LogP contribution in [-0.2, 0) is 6.54 Å². The van der Waals surface area contributed by atoms with Gasteiger partial charge in [0.25, 0.3) is 0 Å². The van der Waals surface area contributed by atoms with Gasteiger partial charge in [0, 0.05) is 10.9 Å². The van der Waals surface area contributed by atoms with E-state index in [1.807, 2.05) is 5.38 Å². The van der Waals surface area contributed by atoms with Crippen molar-refractivity contribution in [2.45, 2.75) is 26.2 Å². The number of fused-ring (bicyclic) bond motifs is 1. The van der Waals surface area contributed by atoms with Crippen molar-refractivity contribution in [2.75, 3.05) is 5.73 Å². The van der Waals surface area contributed by atoms with Crippen molar-refractivity contribution in [3.05, 3.63) is 10.9 Å². The molecule has 2 N–H and O–H groups in total. The molecule has 0 saturated carbocycles. The van der Waals surface area contributed by atoms with Gasteiger partial charge in [-0.15, -0.1) is 16.4 Å². The summed E-state index contributed by atoms with van der Waals surface area (Å²) in [6.45, 7) is 2.24. The van der Waals surface area contributed by atoms with Crippen molar-refractivity contribution < 1.29 is 9.23 Å². The third-order valence-electron chi connectivity index (χ3n) is 2.07. The zero-order valence-electron chi connectivity index (χ0n) is 7.29. The Balaban J connectivity index is 2.14. The van der Waals surface area contributed by atoms with Gasteiger partial charge in [-0.25, -0.2) is 4.39 Å². The zero-order valence-corrected chi connectivity index (χ0v) is 8.10. The molecule has 0 unspecified atom stereocenters. The second kappa shape index (κ2) is 3.16. The van der Waals surface area contributed by atoms with Crippen LogP contribution in [0.4, 0.5) is 9.39 Å². The lowest BCUT2D eigenvalue weighted by atomic mass is 10.3. The summed E-state index contributed by atoms with van der Waals surface area (Å²) >= 11 is 1.43. The van der Waals surface area contributed by atoms with Crippen LogP contribution in [-0.4, -0.2) is 11.4 Å². The number of alkyl halides is 1. The Morgan fingerprint density at radius 3 is 3.23 bits per heavy atom. The molecule has 0 bridgehead atoms. The van der Waals surface area contributed by atoms with Crippen LogP contribution < -0.4 is 10.6 Å². The average molecular weight is 202 g/mol. The fourth-order valence-corrected chi connectivity index (χ4v) is 2.01. The highest BCUT2D eigenvalue weighted by Gasteiger charge is 2.29. The summed E-state index contributed by atoms with van der Waals surface area (Å²) in [5.41, 5.74) is 6.60. The van der Waals surface area contributed by atoms with Crippen LogP contribution in [0.2, 0.25) is 0 Å². The summed E-state index contributed by atoms with van der Waals surface area (Å²) in [4.78, 5) is 5.27. The molecule has 1 aliphatic heterocycles. The van der Waals surface area contributed by atoms with E-state index >= 15 is 0 Å². The van der Waals surface area contributed by atoms with Gasteiger partial charge in [0.05, 0.1) is 11.5 Å². The summed E-state index contributed by atoms with van der Waals surface area (Å²) in [5.74, 6) is 0.707. The normalized spacial score (nSPS) is 18.3. The second-order valence-electron chi connectivity index (χ2n) is 2.95. The van der Waals surface area contributed by atoms with Gasteiger partial charge in [-0.3, -0.25) is 0 Å². The molecule has 1 aromatic rings. The molecule has 2 rings (SSSR count). The van der Waals surface area contributed by atoms with Gasteiger partial charge in [0.15, 0.2) is 12.0 Å². The number of nitrogens with zero attached hydrogens (tertiary/aromatic N) is 1. The van der Waals surface area contributed by atoms with Gasteiger partial charge in [0.2, 0.25) is 0 Å². The largest absolute Gasteiger partial charge is 0.402 e. The van der Waals surface area contributed by atoms with E-state index in [1.54, 1.807) is 6.92 Å². The average Bonchev–Trinajstić information content (AvgIpc) is 2.67. The standard InChI is InChI=1S/C8H11FN2OS/c1-2-7(9)11-3-5-6(12-11)4-13-8(5)10/h4,7H,2-3,10H2,1H3/t7-/m0/s1. The maximum absolute atomic E-state index is 13.2. The molecular weight excluding hydrogens is 191 g/mol. The van der Waals surface area contributed by atoms with E-state index in [2.05, 4.69) is 0 Å². The highest BCUT2D eigenvalue weighted by atomic mass is 32.1. The van der Waals surface area contributed by atoms with Crippen molar-refractivity contribution in [3.63, 3.8) is 0 Å². The molecule has 0 aromatic carbocycles. The molecule has 13 heavy (non-hydrogen) atoms. The minimum Gasteiger partial charge on any atom is -0.402 e. The molecule has 0 amide bonds. The number of nitrogens with two attached hydrogens (primary N) is 1. The number of hydroxylamine groups is 2. The number of hydrogen-bond acceptors (Lipinski definition) is 4. The molecule has 1 aromatic heterocycles. The molecule has 1 atom stereocenters. The lowest BCUT2D eigenvalue weighted by molar-refractivity contribution is -0.129. The van der Waals surface area contributed by atoms with Crippen molar-refractivity contribution >= 4 is 16.3 Å². The number of hydrogen-bond donors (Lipinski definition) is 1. The van der Waals surface area contributed by atoms with Gasteiger partial charge in [0.1, 0.15) is 0 Å². The van der Waals surface area contributed by atoms with E-state index in [4.69, 9.17) is 10.6 Å². The van der Waals surface area contributed by atoms with E-state index in [1.165, 1.54) is 16.4 Å². The Morgan fingerprint density at radius 2 is 2.62 bits per heavy atom. The predicted octanol–water partition coefficient (Wildman–Crippen LogP) is 2.15. The number of anilines is 1. The van der Waals surface area contributed by atoms with Crippen molar-refractivity contribution in [1.82, 2.24) is 5.06 Å². The summed E-state index contributed by atoms with van der Waals surface area (Å²) in [5, 5.41) is 3.86. The first-order chi connectivity index (χ1) is 6.22. The van der Waals surface area contributed by atoms with E-state index in [0.29, 0.717) is 18.7 Å². The molecule has 0 fully saturated rings. The van der Waals surface area contributed by atoms with Crippen molar-refractivity contribution in [1.29, 1.82) is 0 Å². The first kappa shape index (κ1) is 8.77. The number of nitrogen functional groups attached to an aromatic ring is 1. The quantitative estimate of drug-likeness (QED) is 0.747. The molecule has 72 valence electrons. The summed E-state index contributed by atoms with van der Waals surface area (Å²) in [7, 11) is 0. The molecule has 1 aliphatic rings. The maximum atomic E-state index is 13.2. The second-order valence-corrected chi connectivity index (χ2v) is 3.86. The maximum Gasteiger partial charge on any atom is 0.185 e. The molecule has 0 aliphatic carbocycles. The summed E-state index contributed by atoms with van der Waals surface area (Å²) < 4.78 is 13.2. The third-order valence-corrected chi connectivity index (χ3v) is 2.90. The topological polar surface area (TPSA) is 38.5 Å². The Kier molecular flexibility index (Phi) is 2.13. The van der Waals surface area contributed by atoms with Crippen LogP contribution in [0.3, 0.4) is 0 Å². The highest BCUT2D eigenvalue weighted by Crippen LogP contribution is 2.38. The first-order valence-electron chi connectivity index (χ1n) is 4.17. The Hall–Kier alpha value is -0.810. The molecule has 0 spiro atoms. The van der Waals surface area contributed by atoms with Gasteiger partial charge in [-0.2, -0.15) is 0 Å². The number of rotatable bonds is 2. The SMILES string of the molecule is CC[C@@H](F)N1Cc2c(csc2N)O1. The monoisotopic (exact) mass is 202 g/mol. The smallest absolute Gasteiger partial charge is 0.185 e. The molecule has 5 heteroatoms. The van der Waals surface area contributed by atoms with Crippen LogP contribution in [0.25, 0.3) is 0 Å². The van der Waals surface area contributed by atoms with Crippen LogP contribution >= 0.6 is 11.3 Å². The lowest BCUT2D eigenvalue weighted by Crippen LogP contribution is -2.29. The third kappa shape index (κ3) is 1.38. The van der Waals surface area contributed by atoms with Crippen molar-refractivity contribution in [2.24, 2.45) is 0 Å². The molecular formula is C8H11FN2OS. The highest BCUT2D eigenvalue weighted by molar-refractivity contribution is 7.14. The van der Waals surface area contributed by atoms with Gasteiger partial charge in [-0.1, -0.05) is 6.92 Å². The van der Waals surface area contributed by atoms with Crippen LogP contribution in [0.1, 0.15) is 18.9 Å². The zero-order chi connectivity index (χ0) is 9.42. The van der Waals surface area contributed by atoms with Gasteiger partial charge >= 0.3 is 0 Å². The molecule has 0 radical (unpaired) electrons. The Bertz CT molecular complexity index is 315. The van der Waals surface area contributed by atoms with Gasteiger partial charge in [-0.05, 0) is 6.42 Å². The summed E-state index contributed by atoms with van der Waals surface area (Å²) in [6, 6.07) is 0. The molecule has 3 nitrogen and oxygen atoms in total. The van der Waals surface area contributed by atoms with Gasteiger partial charge < -0.3 is 10.6 Å². The fourth-order valence-electron chi connectivity index (χ4n) is 1.29. The van der Waals surface area contributed by atoms with E-state index in [0.717, 1.165) is 10.6 Å². The number of halogens is 1. The van der Waals surface area contributed by atoms with E-state index in [-0.39, 0.29) is 0 Å². The van der Waals surface area contributed by atoms with E-state index < -0.39 is 6.30 Å². The molecule has 2 heterocycles. The minimum atomic E-state index is -1.04. The minimum absolute atomic E-state index is 0.424. The Labute approximate surface area is 79.9 Å². The predicted molar refractivity (Wildman–Crippen MR) is 50.1 cm³/mol. The fraction of sp³-hybridized carbons (Fsp3) is 0.500. The number of thiophene rings is 1. The van der Waals surface area contributed by atoms with Crippen LogP contribution in [0.15, 0.2) is 5.38 Å². The summed E-state index contributed by atoms with van der Waals surface area (Å²) in [6.07, 6.45) is -0.620. The van der Waals surface area contributed by atoms with E-state index in [9.17, 15) is 4.39 Å². The van der Waals surface area contributed by atoms with Crippen LogP contribution in [0, 0.1) is 0 Å². The first-order valence-corrected chi connectivity index (χ1v) is 5.05.